The van der Waals surface area contributed by atoms with Crippen LogP contribution in [0.4, 0.5) is 0 Å². The smallest absolute Gasteiger partial charge is 0.175 e. The molecule has 0 radical (unpaired) electrons. The summed E-state index contributed by atoms with van der Waals surface area (Å²) >= 11 is 0. The fraction of sp³-hybridized carbons (Fsp3) is 0.0690. The molecule has 0 aliphatic heterocycles. The molecule has 4 bridgehead atoms. The lowest BCUT2D eigenvalue weighted by Gasteiger charge is -2.30. The van der Waals surface area contributed by atoms with Crippen molar-refractivity contribution >= 4 is 82.4 Å². The Labute approximate surface area is 353 Å². The average Bonchev–Trinajstić information content (AvgIpc) is 3.88. The van der Waals surface area contributed by atoms with Crippen LogP contribution in [0, 0.1) is 0 Å². The molecule has 0 fully saturated rings. The first-order valence-corrected chi connectivity index (χ1v) is 21.6. The van der Waals surface area contributed by atoms with Crippen molar-refractivity contribution in [2.45, 2.75) is 23.7 Å². The predicted molar refractivity (Wildman–Crippen MR) is 246 cm³/mol. The predicted octanol–water partition coefficient (Wildman–Crippen LogP) is 13.5. The number of nitrogens with zero attached hydrogens (tertiary/aromatic N) is 1. The lowest BCUT2D eigenvalue weighted by molar-refractivity contribution is 0.0966. The molecule has 0 saturated carbocycles. The normalized spacial score (nSPS) is 19.4. The van der Waals surface area contributed by atoms with Crippen molar-refractivity contribution in [2.24, 2.45) is 0 Å². The molecule has 0 saturated heterocycles. The number of benzene rings is 9. The van der Waals surface area contributed by atoms with Gasteiger partial charge in [-0.3, -0.25) is 9.59 Å². The molecule has 0 spiro atoms. The van der Waals surface area contributed by atoms with Gasteiger partial charge in [0.25, 0.3) is 0 Å². The maximum Gasteiger partial charge on any atom is 0.175 e. The van der Waals surface area contributed by atoms with E-state index < -0.39 is 0 Å². The van der Waals surface area contributed by atoms with Crippen LogP contribution in [-0.4, -0.2) is 16.0 Å². The summed E-state index contributed by atoms with van der Waals surface area (Å²) in [5, 5.41) is 8.78. The van der Waals surface area contributed by atoms with Gasteiger partial charge >= 0.3 is 0 Å². The first kappa shape index (κ1) is 32.0. The average molecular weight is 790 g/mol. The Hall–Kier alpha value is -7.82. The van der Waals surface area contributed by atoms with E-state index in [0.29, 0.717) is 0 Å². The van der Waals surface area contributed by atoms with Gasteiger partial charge in [-0.05, 0) is 103 Å². The molecule has 0 amide bonds. The highest BCUT2D eigenvalue weighted by molar-refractivity contribution is 6.35. The van der Waals surface area contributed by atoms with Gasteiger partial charge in [-0.1, -0.05) is 127 Å². The molecule has 6 aliphatic carbocycles. The fourth-order valence-electron chi connectivity index (χ4n) is 13.0. The highest BCUT2D eigenvalue weighted by Gasteiger charge is 2.45. The van der Waals surface area contributed by atoms with E-state index in [9.17, 15) is 0 Å². The van der Waals surface area contributed by atoms with Crippen molar-refractivity contribution in [2.75, 3.05) is 0 Å². The van der Waals surface area contributed by atoms with Gasteiger partial charge in [-0.15, -0.1) is 0 Å². The molecule has 0 unspecified atom stereocenters. The summed E-state index contributed by atoms with van der Waals surface area (Å²) in [6.45, 7) is 0. The van der Waals surface area contributed by atoms with Crippen LogP contribution >= 0.6 is 0 Å². The number of carbonyl (C=O) groups is 2. The third-order valence-corrected chi connectivity index (χ3v) is 15.4. The molecule has 6 aliphatic rings. The molecule has 0 atom stereocenters. The Kier molecular flexibility index (Phi) is 5.54. The Bertz CT molecular complexity index is 4030. The number of hydrogen-bond acceptors (Lipinski definition) is 3. The number of ketones is 2. The number of carbonyl (C=O) groups excluding carboxylic acids is 2. The maximum absolute atomic E-state index is 15.3. The lowest BCUT2D eigenvalue weighted by Crippen LogP contribution is -2.19. The second kappa shape index (κ2) is 10.7. The van der Waals surface area contributed by atoms with Crippen molar-refractivity contribution < 1.29 is 14.0 Å². The van der Waals surface area contributed by atoms with Crippen LogP contribution in [0.15, 0.2) is 168 Å². The number of Topliss-reactive ketones (excluding diaryl/α,β-unsaturated/α-hetero) is 2. The highest BCUT2D eigenvalue weighted by atomic mass is 16.3. The number of aromatic nitrogens is 1. The standard InChI is InChI=1S/C58H31NO3/c60-56-42-26-46-38(23-39(42)49-30-13-3-7-17-34(30)52(56)35-18-8-4-14-31(35)49)41-25-45-51-29-12-2-1-11-28(29)21-22-48(51)62-58(45)54-44-24-40-43(27-47(44)59(46)55(41)54)57(61)53-36-19-9-5-15-32(36)50(40)33-16-6-10-20-37(33)53/h1-27,49-50,52-53H. The van der Waals surface area contributed by atoms with Gasteiger partial charge in [0.05, 0.1) is 33.8 Å². The summed E-state index contributed by atoms with van der Waals surface area (Å²) in [5.41, 5.74) is 17.5. The van der Waals surface area contributed by atoms with Crippen LogP contribution in [-0.2, 0) is 0 Å². The van der Waals surface area contributed by atoms with Crippen molar-refractivity contribution in [3.8, 4) is 0 Å². The molecule has 9 aromatic carbocycles. The monoisotopic (exact) mass is 789 g/mol. The Balaban J connectivity index is 1.10. The summed E-state index contributed by atoms with van der Waals surface area (Å²) < 4.78 is 9.41. The quantitative estimate of drug-likeness (QED) is 0.154. The largest absolute Gasteiger partial charge is 0.455 e. The molecule has 0 N–H and O–H groups in total. The molecule has 12 aromatic rings. The fourth-order valence-corrected chi connectivity index (χ4v) is 13.0. The van der Waals surface area contributed by atoms with Gasteiger partial charge < -0.3 is 8.82 Å². The van der Waals surface area contributed by atoms with Crippen molar-refractivity contribution in [1.82, 2.24) is 4.40 Å². The summed E-state index contributed by atoms with van der Waals surface area (Å²) in [4.78, 5) is 30.5. The van der Waals surface area contributed by atoms with E-state index in [0.717, 1.165) is 115 Å². The third-order valence-electron chi connectivity index (χ3n) is 15.4. The minimum atomic E-state index is -0.384. The minimum absolute atomic E-state index is 0.0767. The first-order chi connectivity index (χ1) is 30.6. The van der Waals surface area contributed by atoms with E-state index >= 15 is 9.59 Å². The van der Waals surface area contributed by atoms with Gasteiger partial charge in [0, 0.05) is 49.9 Å². The summed E-state index contributed by atoms with van der Waals surface area (Å²) in [5.74, 6) is -0.671. The molecule has 18 rings (SSSR count). The molecular weight excluding hydrogens is 759 g/mol. The lowest BCUT2D eigenvalue weighted by atomic mass is 9.72. The zero-order valence-corrected chi connectivity index (χ0v) is 33.1. The molecule has 4 heteroatoms. The molecular formula is C58H31NO3. The number of fused-ring (bicyclic) bond motifs is 12. The van der Waals surface area contributed by atoms with E-state index in [2.05, 4.69) is 168 Å². The van der Waals surface area contributed by atoms with Gasteiger partial charge in [0.1, 0.15) is 11.2 Å². The number of hydrogen-bond donors (Lipinski definition) is 0. The van der Waals surface area contributed by atoms with Gasteiger partial charge in [0.15, 0.2) is 11.6 Å². The molecule has 4 nitrogen and oxygen atoms in total. The maximum atomic E-state index is 15.3. The van der Waals surface area contributed by atoms with Crippen LogP contribution in [0.25, 0.3) is 70.8 Å². The Morgan fingerprint density at radius 1 is 0.371 bits per heavy atom. The second-order valence-electron chi connectivity index (χ2n) is 18.0. The van der Waals surface area contributed by atoms with Crippen molar-refractivity contribution in [1.29, 1.82) is 0 Å². The molecule has 3 aromatic heterocycles. The molecule has 62 heavy (non-hydrogen) atoms. The van der Waals surface area contributed by atoms with Crippen molar-refractivity contribution in [3.05, 3.63) is 231 Å². The SMILES string of the molecule is O=C1c2cc3c(cc2C2c4ccccc4C1c1ccccc12)c1cc2c(oc4ccc5ccccc5c42)c2c4cc5c(cc4n3c12)C(=O)C1c2ccccc2C5c2ccccc21. The second-order valence-corrected chi connectivity index (χ2v) is 18.0. The van der Waals surface area contributed by atoms with Gasteiger partial charge in [-0.2, -0.15) is 0 Å². The van der Waals surface area contributed by atoms with E-state index in [1.165, 1.54) is 22.3 Å². The van der Waals surface area contributed by atoms with Crippen LogP contribution in [0.3, 0.4) is 0 Å². The van der Waals surface area contributed by atoms with E-state index in [1.54, 1.807) is 0 Å². The molecule has 286 valence electrons. The first-order valence-electron chi connectivity index (χ1n) is 21.6. The van der Waals surface area contributed by atoms with Gasteiger partial charge in [0.2, 0.25) is 0 Å². The highest BCUT2D eigenvalue weighted by Crippen LogP contribution is 2.56. The van der Waals surface area contributed by atoms with Crippen molar-refractivity contribution in [3.63, 3.8) is 0 Å². The third kappa shape index (κ3) is 3.55. The Morgan fingerprint density at radius 2 is 0.839 bits per heavy atom. The topological polar surface area (TPSA) is 51.7 Å². The summed E-state index contributed by atoms with van der Waals surface area (Å²) in [6.07, 6.45) is 0. The van der Waals surface area contributed by atoms with E-state index in [-0.39, 0.29) is 35.2 Å². The van der Waals surface area contributed by atoms with E-state index in [1.807, 2.05) is 0 Å². The van der Waals surface area contributed by atoms with Crippen LogP contribution in [0.1, 0.15) is 100 Å². The van der Waals surface area contributed by atoms with Gasteiger partial charge in [-0.25, -0.2) is 0 Å². The minimum Gasteiger partial charge on any atom is -0.455 e. The van der Waals surface area contributed by atoms with E-state index in [4.69, 9.17) is 4.42 Å². The van der Waals surface area contributed by atoms with Crippen LogP contribution in [0.2, 0.25) is 0 Å². The van der Waals surface area contributed by atoms with Crippen LogP contribution in [0.5, 0.6) is 0 Å². The summed E-state index contributed by atoms with van der Waals surface area (Å²) in [6, 6.07) is 58.3. The zero-order valence-electron chi connectivity index (χ0n) is 33.1. The molecule has 3 heterocycles. The number of rotatable bonds is 0. The number of furan rings is 1. The summed E-state index contributed by atoms with van der Waals surface area (Å²) in [7, 11) is 0. The zero-order chi connectivity index (χ0) is 40.3. The van der Waals surface area contributed by atoms with Crippen LogP contribution < -0.4 is 0 Å². The Morgan fingerprint density at radius 3 is 1.39 bits per heavy atom.